The molecule has 0 aliphatic carbocycles. The Morgan fingerprint density at radius 2 is 1.70 bits per heavy atom. The van der Waals surface area contributed by atoms with Crippen molar-refractivity contribution in [3.63, 3.8) is 0 Å². The number of hydrogen-bond donors (Lipinski definition) is 1. The number of piperazine rings is 1. The Kier molecular flexibility index (Phi) is 6.08. The monoisotopic (exact) mass is 367 g/mol. The molecule has 1 N–H and O–H groups in total. The Morgan fingerprint density at radius 3 is 2.37 bits per heavy atom. The fourth-order valence-electron chi connectivity index (χ4n) is 3.30. The number of nitrogens with one attached hydrogen (secondary N) is 1. The topological polar surface area (TPSA) is 61.9 Å². The number of carbonyl (C=O) groups is 2. The fraction of sp³-hybridized carbons (Fsp3) is 0.333. The number of anilines is 1. The summed E-state index contributed by atoms with van der Waals surface area (Å²) in [6.45, 7) is 5.18. The quantitative estimate of drug-likeness (QED) is 0.842. The van der Waals surface area contributed by atoms with Crippen molar-refractivity contribution >= 4 is 17.7 Å². The first-order valence-electron chi connectivity index (χ1n) is 9.12. The zero-order valence-electron chi connectivity index (χ0n) is 15.7. The molecule has 0 bridgehead atoms. The minimum Gasteiger partial charge on any atom is -0.465 e. The minimum absolute atomic E-state index is 0.149. The van der Waals surface area contributed by atoms with Crippen LogP contribution in [-0.4, -0.2) is 55.1 Å². The first kappa shape index (κ1) is 18.9. The molecular weight excluding hydrogens is 342 g/mol. The molecule has 2 aromatic rings. The lowest BCUT2D eigenvalue weighted by Crippen LogP contribution is -2.50. The van der Waals surface area contributed by atoms with Crippen molar-refractivity contribution in [2.75, 3.05) is 38.6 Å². The molecule has 1 aliphatic rings. The molecule has 1 fully saturated rings. The van der Waals surface area contributed by atoms with E-state index in [1.165, 1.54) is 12.7 Å². The predicted molar refractivity (Wildman–Crippen MR) is 105 cm³/mol. The Morgan fingerprint density at radius 1 is 1.00 bits per heavy atom. The molecule has 0 radical (unpaired) electrons. The molecule has 0 aromatic heterocycles. The first-order chi connectivity index (χ1) is 13.1. The zero-order valence-corrected chi connectivity index (χ0v) is 15.7. The average molecular weight is 367 g/mol. The van der Waals surface area contributed by atoms with Crippen LogP contribution in [-0.2, 0) is 4.74 Å². The molecule has 0 spiro atoms. The number of rotatable bonds is 4. The van der Waals surface area contributed by atoms with Gasteiger partial charge in [-0.25, -0.2) is 9.59 Å². The molecule has 1 saturated heterocycles. The van der Waals surface area contributed by atoms with Crippen LogP contribution in [0.1, 0.15) is 28.9 Å². The van der Waals surface area contributed by atoms with Crippen LogP contribution in [0.5, 0.6) is 0 Å². The summed E-state index contributed by atoms with van der Waals surface area (Å²) in [5.74, 6) is -0.422. The second kappa shape index (κ2) is 8.68. The van der Waals surface area contributed by atoms with Gasteiger partial charge < -0.3 is 15.0 Å². The summed E-state index contributed by atoms with van der Waals surface area (Å²) in [7, 11) is 1.34. The number of benzene rings is 2. The molecule has 6 heteroatoms. The van der Waals surface area contributed by atoms with Gasteiger partial charge in [0.1, 0.15) is 0 Å². The van der Waals surface area contributed by atoms with Crippen molar-refractivity contribution in [2.45, 2.75) is 13.0 Å². The van der Waals surface area contributed by atoms with Crippen molar-refractivity contribution in [1.82, 2.24) is 9.80 Å². The van der Waals surface area contributed by atoms with Crippen LogP contribution in [0.3, 0.4) is 0 Å². The number of hydrogen-bond acceptors (Lipinski definition) is 4. The average Bonchev–Trinajstić information content (AvgIpc) is 2.73. The van der Waals surface area contributed by atoms with E-state index < -0.39 is 5.97 Å². The third kappa shape index (κ3) is 4.65. The summed E-state index contributed by atoms with van der Waals surface area (Å²) in [6, 6.07) is 17.3. The summed E-state index contributed by atoms with van der Waals surface area (Å²) in [6.07, 6.45) is 0. The molecule has 1 unspecified atom stereocenters. The number of urea groups is 1. The smallest absolute Gasteiger partial charge is 0.337 e. The second-order valence-corrected chi connectivity index (χ2v) is 6.61. The van der Waals surface area contributed by atoms with Crippen LogP contribution in [0, 0.1) is 0 Å². The Labute approximate surface area is 159 Å². The van der Waals surface area contributed by atoms with E-state index in [0.717, 1.165) is 13.1 Å². The van der Waals surface area contributed by atoms with Crippen molar-refractivity contribution in [1.29, 1.82) is 0 Å². The normalized spacial score (nSPS) is 15.9. The van der Waals surface area contributed by atoms with Gasteiger partial charge in [-0.15, -0.1) is 0 Å². The predicted octanol–water partition coefficient (Wildman–Crippen LogP) is 3.38. The molecule has 142 valence electrons. The summed E-state index contributed by atoms with van der Waals surface area (Å²) in [5.41, 5.74) is 2.29. The van der Waals surface area contributed by atoms with Gasteiger partial charge in [-0.1, -0.05) is 36.4 Å². The van der Waals surface area contributed by atoms with Gasteiger partial charge in [0.15, 0.2) is 0 Å². The Balaban J connectivity index is 1.55. The van der Waals surface area contributed by atoms with Crippen LogP contribution < -0.4 is 5.32 Å². The van der Waals surface area contributed by atoms with E-state index in [-0.39, 0.29) is 6.03 Å². The highest BCUT2D eigenvalue weighted by Crippen LogP contribution is 2.21. The molecule has 2 aromatic carbocycles. The second-order valence-electron chi connectivity index (χ2n) is 6.61. The maximum Gasteiger partial charge on any atom is 0.337 e. The number of methoxy groups -OCH3 is 1. The van der Waals surface area contributed by atoms with Gasteiger partial charge in [0.25, 0.3) is 0 Å². The van der Waals surface area contributed by atoms with Gasteiger partial charge in [0, 0.05) is 37.9 Å². The lowest BCUT2D eigenvalue weighted by atomic mass is 10.1. The molecule has 6 nitrogen and oxygen atoms in total. The van der Waals surface area contributed by atoms with E-state index in [1.54, 1.807) is 29.2 Å². The maximum absolute atomic E-state index is 12.5. The first-order valence-corrected chi connectivity index (χ1v) is 9.12. The number of nitrogens with zero attached hydrogens (tertiary/aromatic N) is 2. The van der Waals surface area contributed by atoms with Crippen LogP contribution in [0.4, 0.5) is 10.5 Å². The molecule has 3 rings (SSSR count). The van der Waals surface area contributed by atoms with Gasteiger partial charge in [-0.05, 0) is 30.7 Å². The third-order valence-electron chi connectivity index (χ3n) is 4.97. The van der Waals surface area contributed by atoms with Gasteiger partial charge in [0.05, 0.1) is 12.7 Å². The van der Waals surface area contributed by atoms with Crippen LogP contribution in [0.25, 0.3) is 0 Å². The highest BCUT2D eigenvalue weighted by molar-refractivity contribution is 5.93. The zero-order chi connectivity index (χ0) is 19.2. The highest BCUT2D eigenvalue weighted by Gasteiger charge is 2.24. The van der Waals surface area contributed by atoms with Gasteiger partial charge in [0.2, 0.25) is 0 Å². The number of ether oxygens (including phenoxy) is 1. The summed E-state index contributed by atoms with van der Waals surface area (Å²) in [5, 5.41) is 2.87. The number of carbonyl (C=O) groups excluding carboxylic acids is 2. The molecule has 2 amide bonds. The largest absolute Gasteiger partial charge is 0.465 e. The van der Waals surface area contributed by atoms with E-state index in [0.29, 0.717) is 30.4 Å². The Hall–Kier alpha value is -2.86. The fourth-order valence-corrected chi connectivity index (χ4v) is 3.30. The standard InChI is InChI=1S/C21H25N3O3/c1-16(17-7-4-3-5-8-17)23-11-13-24(14-12-23)21(26)22-19-10-6-9-18(15-19)20(25)27-2/h3-10,15-16H,11-14H2,1-2H3,(H,22,26). The minimum atomic E-state index is -0.422. The van der Waals surface area contributed by atoms with Crippen LogP contribution >= 0.6 is 0 Å². The molecule has 1 aliphatic heterocycles. The van der Waals surface area contributed by atoms with Crippen molar-refractivity contribution < 1.29 is 14.3 Å². The molecule has 1 heterocycles. The Bertz CT molecular complexity index is 786. The summed E-state index contributed by atoms with van der Waals surface area (Å²) in [4.78, 5) is 28.4. The lowest BCUT2D eigenvalue weighted by molar-refractivity contribution is 0.0600. The SMILES string of the molecule is COC(=O)c1cccc(NC(=O)N2CCN(C(C)c3ccccc3)CC2)c1. The molecule has 0 saturated carbocycles. The highest BCUT2D eigenvalue weighted by atomic mass is 16.5. The van der Waals surface area contributed by atoms with E-state index in [4.69, 9.17) is 4.74 Å². The number of amides is 2. The van der Waals surface area contributed by atoms with E-state index in [2.05, 4.69) is 41.4 Å². The molecular formula is C21H25N3O3. The summed E-state index contributed by atoms with van der Waals surface area (Å²) >= 11 is 0. The molecule has 27 heavy (non-hydrogen) atoms. The van der Waals surface area contributed by atoms with Gasteiger partial charge in [-0.3, -0.25) is 4.90 Å². The molecule has 1 atom stereocenters. The van der Waals surface area contributed by atoms with Crippen molar-refractivity contribution in [2.24, 2.45) is 0 Å². The third-order valence-corrected chi connectivity index (χ3v) is 4.97. The number of esters is 1. The van der Waals surface area contributed by atoms with Crippen molar-refractivity contribution in [3.8, 4) is 0 Å². The van der Waals surface area contributed by atoms with Crippen molar-refractivity contribution in [3.05, 3.63) is 65.7 Å². The lowest BCUT2D eigenvalue weighted by Gasteiger charge is -2.38. The van der Waals surface area contributed by atoms with E-state index >= 15 is 0 Å². The van der Waals surface area contributed by atoms with Crippen LogP contribution in [0.15, 0.2) is 54.6 Å². The van der Waals surface area contributed by atoms with Crippen LogP contribution in [0.2, 0.25) is 0 Å². The van der Waals surface area contributed by atoms with E-state index in [9.17, 15) is 9.59 Å². The van der Waals surface area contributed by atoms with E-state index in [1.807, 2.05) is 6.07 Å². The maximum atomic E-state index is 12.5. The summed E-state index contributed by atoms with van der Waals surface area (Å²) < 4.78 is 4.72. The van der Waals surface area contributed by atoms with Gasteiger partial charge >= 0.3 is 12.0 Å². The van der Waals surface area contributed by atoms with Gasteiger partial charge in [-0.2, -0.15) is 0 Å².